The molecule has 0 radical (unpaired) electrons. The lowest BCUT2D eigenvalue weighted by Crippen LogP contribution is -2.06. The second-order valence-corrected chi connectivity index (χ2v) is 5.66. The number of methoxy groups -OCH3 is 2. The van der Waals surface area contributed by atoms with E-state index in [-0.39, 0.29) is 11.6 Å². The highest BCUT2D eigenvalue weighted by molar-refractivity contribution is 5.66. The molecule has 0 saturated carbocycles. The third-order valence-electron chi connectivity index (χ3n) is 3.77. The molecule has 3 aromatic rings. The minimum absolute atomic E-state index is 0.239. The van der Waals surface area contributed by atoms with Gasteiger partial charge in [0.1, 0.15) is 17.3 Å². The number of aromatic nitrogens is 2. The van der Waals surface area contributed by atoms with Crippen molar-refractivity contribution in [2.45, 2.75) is 6.18 Å². The molecule has 2 N–H and O–H groups in total. The zero-order valence-electron chi connectivity index (χ0n) is 15.0. The number of rotatable bonds is 6. The van der Waals surface area contributed by atoms with E-state index < -0.39 is 11.7 Å². The molecule has 0 atom stereocenters. The lowest BCUT2D eigenvalue weighted by Gasteiger charge is -2.13. The monoisotopic (exact) mass is 390 g/mol. The average Bonchev–Trinajstić information content (AvgIpc) is 2.68. The molecule has 0 bridgehead atoms. The summed E-state index contributed by atoms with van der Waals surface area (Å²) in [5.41, 5.74) is 0.0996. The number of benzene rings is 2. The van der Waals surface area contributed by atoms with E-state index in [9.17, 15) is 13.2 Å². The summed E-state index contributed by atoms with van der Waals surface area (Å²) in [6, 6.07) is 11.6. The summed E-state index contributed by atoms with van der Waals surface area (Å²) in [5, 5.41) is 5.86. The van der Waals surface area contributed by atoms with Crippen LogP contribution in [0.25, 0.3) is 0 Å². The molecule has 6 nitrogen and oxygen atoms in total. The molecule has 146 valence electrons. The number of nitrogens with zero attached hydrogens (tertiary/aromatic N) is 2. The van der Waals surface area contributed by atoms with Gasteiger partial charge >= 0.3 is 6.18 Å². The molecule has 0 aliphatic heterocycles. The molecule has 0 spiro atoms. The Morgan fingerprint density at radius 3 is 2.46 bits per heavy atom. The third kappa shape index (κ3) is 4.61. The molecule has 28 heavy (non-hydrogen) atoms. The van der Waals surface area contributed by atoms with Crippen LogP contribution in [0.1, 0.15) is 5.56 Å². The van der Waals surface area contributed by atoms with Gasteiger partial charge in [0.15, 0.2) is 0 Å². The van der Waals surface area contributed by atoms with Crippen LogP contribution in [0, 0.1) is 0 Å². The Morgan fingerprint density at radius 2 is 1.75 bits per heavy atom. The van der Waals surface area contributed by atoms with Crippen LogP contribution in [-0.4, -0.2) is 24.2 Å². The second kappa shape index (κ2) is 8.03. The smallest absolute Gasteiger partial charge is 0.416 e. The van der Waals surface area contributed by atoms with Crippen molar-refractivity contribution in [3.63, 3.8) is 0 Å². The van der Waals surface area contributed by atoms with E-state index in [1.807, 2.05) is 0 Å². The number of halogens is 3. The largest absolute Gasteiger partial charge is 0.497 e. The van der Waals surface area contributed by atoms with Crippen molar-refractivity contribution in [2.24, 2.45) is 0 Å². The predicted molar refractivity (Wildman–Crippen MR) is 99.6 cm³/mol. The molecule has 3 rings (SSSR count). The molecule has 0 aliphatic carbocycles. The number of anilines is 4. The summed E-state index contributed by atoms with van der Waals surface area (Å²) in [4.78, 5) is 8.40. The van der Waals surface area contributed by atoms with Crippen LogP contribution < -0.4 is 20.1 Å². The Hall–Kier alpha value is -3.49. The van der Waals surface area contributed by atoms with E-state index in [2.05, 4.69) is 20.6 Å². The van der Waals surface area contributed by atoms with Gasteiger partial charge in [0.05, 0.1) is 25.5 Å². The lowest BCUT2D eigenvalue weighted by molar-refractivity contribution is -0.137. The Bertz CT molecular complexity index is 964. The van der Waals surface area contributed by atoms with Crippen LogP contribution in [0.2, 0.25) is 0 Å². The second-order valence-electron chi connectivity index (χ2n) is 5.66. The van der Waals surface area contributed by atoms with E-state index in [4.69, 9.17) is 9.47 Å². The zero-order chi connectivity index (χ0) is 20.1. The average molecular weight is 390 g/mol. The van der Waals surface area contributed by atoms with Crippen LogP contribution in [0.4, 0.5) is 36.3 Å². The highest BCUT2D eigenvalue weighted by Gasteiger charge is 2.30. The van der Waals surface area contributed by atoms with E-state index in [0.29, 0.717) is 23.0 Å². The fourth-order valence-corrected chi connectivity index (χ4v) is 2.44. The quantitative estimate of drug-likeness (QED) is 0.617. The molecule has 0 unspecified atom stereocenters. The number of ether oxygens (including phenoxy) is 2. The molecule has 1 heterocycles. The fraction of sp³-hybridized carbons (Fsp3) is 0.158. The highest BCUT2D eigenvalue weighted by atomic mass is 19.4. The summed E-state index contributed by atoms with van der Waals surface area (Å²) in [6.45, 7) is 0. The zero-order valence-corrected chi connectivity index (χ0v) is 15.0. The van der Waals surface area contributed by atoms with Crippen molar-refractivity contribution >= 4 is 23.1 Å². The maximum atomic E-state index is 12.9. The Balaban J connectivity index is 1.82. The molecular formula is C19H17F3N4O2. The van der Waals surface area contributed by atoms with Gasteiger partial charge in [0, 0.05) is 18.0 Å². The summed E-state index contributed by atoms with van der Waals surface area (Å²) in [5.74, 6) is 1.74. The van der Waals surface area contributed by atoms with Gasteiger partial charge < -0.3 is 20.1 Å². The standard InChI is InChI=1S/C19H17F3N4O2/c1-27-14-6-7-16(28-2)15(11-14)25-18-23-9-8-17(26-18)24-13-5-3-4-12(10-13)19(20,21)22/h3-11H,1-2H3,(H2,23,24,25,26). The van der Waals surface area contributed by atoms with Crippen molar-refractivity contribution in [1.29, 1.82) is 0 Å². The summed E-state index contributed by atoms with van der Waals surface area (Å²) < 4.78 is 49.1. The van der Waals surface area contributed by atoms with Gasteiger partial charge in [-0.15, -0.1) is 0 Å². The van der Waals surface area contributed by atoms with Crippen molar-refractivity contribution in [3.8, 4) is 11.5 Å². The molecule has 0 amide bonds. The van der Waals surface area contributed by atoms with E-state index in [1.54, 1.807) is 31.4 Å². The molecular weight excluding hydrogens is 373 g/mol. The first kappa shape index (κ1) is 19.3. The first-order chi connectivity index (χ1) is 13.4. The number of nitrogens with one attached hydrogen (secondary N) is 2. The topological polar surface area (TPSA) is 68.3 Å². The first-order valence-corrected chi connectivity index (χ1v) is 8.15. The van der Waals surface area contributed by atoms with Crippen LogP contribution in [0.5, 0.6) is 11.5 Å². The molecule has 0 aliphatic rings. The van der Waals surface area contributed by atoms with Crippen molar-refractivity contribution < 1.29 is 22.6 Å². The molecule has 9 heteroatoms. The third-order valence-corrected chi connectivity index (χ3v) is 3.77. The Morgan fingerprint density at radius 1 is 0.929 bits per heavy atom. The SMILES string of the molecule is COc1ccc(OC)c(Nc2nccc(Nc3cccc(C(F)(F)F)c3)n2)c1. The minimum Gasteiger partial charge on any atom is -0.497 e. The predicted octanol–water partition coefficient (Wildman–Crippen LogP) is 5.00. The number of alkyl halides is 3. The van der Waals surface area contributed by atoms with E-state index in [0.717, 1.165) is 12.1 Å². The molecule has 1 aromatic heterocycles. The summed E-state index contributed by atoms with van der Waals surface area (Å²) in [6.07, 6.45) is -2.93. The van der Waals surface area contributed by atoms with Gasteiger partial charge in [-0.2, -0.15) is 18.2 Å². The minimum atomic E-state index is -4.42. The summed E-state index contributed by atoms with van der Waals surface area (Å²) >= 11 is 0. The maximum Gasteiger partial charge on any atom is 0.416 e. The van der Waals surface area contributed by atoms with Crippen molar-refractivity contribution in [1.82, 2.24) is 9.97 Å². The maximum absolute atomic E-state index is 12.9. The van der Waals surface area contributed by atoms with E-state index >= 15 is 0 Å². The van der Waals surface area contributed by atoms with Gasteiger partial charge in [0.2, 0.25) is 5.95 Å². The highest BCUT2D eigenvalue weighted by Crippen LogP contribution is 2.32. The number of hydrogen-bond acceptors (Lipinski definition) is 6. The Kier molecular flexibility index (Phi) is 5.53. The van der Waals surface area contributed by atoms with Crippen LogP contribution in [0.3, 0.4) is 0 Å². The van der Waals surface area contributed by atoms with Gasteiger partial charge in [0.25, 0.3) is 0 Å². The first-order valence-electron chi connectivity index (χ1n) is 8.15. The van der Waals surface area contributed by atoms with Gasteiger partial charge in [-0.1, -0.05) is 6.07 Å². The van der Waals surface area contributed by atoms with Crippen molar-refractivity contribution in [2.75, 3.05) is 24.9 Å². The van der Waals surface area contributed by atoms with Crippen molar-refractivity contribution in [3.05, 3.63) is 60.3 Å². The van der Waals surface area contributed by atoms with Crippen LogP contribution in [0.15, 0.2) is 54.7 Å². The Labute approximate surface area is 159 Å². The molecule has 0 fully saturated rings. The normalized spacial score (nSPS) is 11.0. The molecule has 0 saturated heterocycles. The number of hydrogen-bond donors (Lipinski definition) is 2. The van der Waals surface area contributed by atoms with Gasteiger partial charge in [-0.05, 0) is 36.4 Å². The van der Waals surface area contributed by atoms with E-state index in [1.165, 1.54) is 25.4 Å². The summed E-state index contributed by atoms with van der Waals surface area (Å²) in [7, 11) is 3.07. The van der Waals surface area contributed by atoms with Crippen LogP contribution >= 0.6 is 0 Å². The lowest BCUT2D eigenvalue weighted by atomic mass is 10.2. The van der Waals surface area contributed by atoms with Gasteiger partial charge in [-0.25, -0.2) is 4.98 Å². The van der Waals surface area contributed by atoms with Crippen LogP contribution in [-0.2, 0) is 6.18 Å². The molecule has 2 aromatic carbocycles. The fourth-order valence-electron chi connectivity index (χ4n) is 2.44. The van der Waals surface area contributed by atoms with Gasteiger partial charge in [-0.3, -0.25) is 0 Å².